The highest BCUT2D eigenvalue weighted by molar-refractivity contribution is 8.05. The molecule has 168 valence electrons. The van der Waals surface area contributed by atoms with Crippen LogP contribution >= 0.6 is 23.1 Å². The van der Waals surface area contributed by atoms with E-state index in [0.717, 1.165) is 45.3 Å². The Balaban J connectivity index is 1.54. The molecule has 5 rings (SSSR count). The molecule has 0 fully saturated rings. The van der Waals surface area contributed by atoms with Crippen molar-refractivity contribution in [2.45, 2.75) is 38.6 Å². The molecule has 8 heteroatoms. The van der Waals surface area contributed by atoms with Gasteiger partial charge in [-0.1, -0.05) is 60.3 Å². The fourth-order valence-electron chi connectivity index (χ4n) is 4.48. The van der Waals surface area contributed by atoms with Crippen molar-refractivity contribution in [3.8, 4) is 11.3 Å². The van der Waals surface area contributed by atoms with Crippen LogP contribution in [0.3, 0.4) is 0 Å². The maximum atomic E-state index is 13.0. The van der Waals surface area contributed by atoms with Crippen LogP contribution in [0, 0.1) is 0 Å². The Labute approximate surface area is 201 Å². The molecule has 0 bridgehead atoms. The van der Waals surface area contributed by atoms with Gasteiger partial charge in [0.2, 0.25) is 5.91 Å². The van der Waals surface area contributed by atoms with E-state index >= 15 is 0 Å². The molecule has 0 saturated heterocycles. The largest absolute Gasteiger partial charge is 0.365 e. The zero-order valence-electron chi connectivity index (χ0n) is 18.4. The van der Waals surface area contributed by atoms with E-state index in [1.165, 1.54) is 23.1 Å². The summed E-state index contributed by atoms with van der Waals surface area (Å²) in [4.78, 5) is 34.3. The lowest BCUT2D eigenvalue weighted by atomic mass is 9.95. The van der Waals surface area contributed by atoms with Gasteiger partial charge >= 0.3 is 0 Å². The molecule has 0 aliphatic carbocycles. The number of primary amides is 1. The van der Waals surface area contributed by atoms with E-state index in [0.29, 0.717) is 17.9 Å². The van der Waals surface area contributed by atoms with Gasteiger partial charge in [-0.05, 0) is 31.4 Å². The fourth-order valence-corrected chi connectivity index (χ4v) is 6.59. The minimum Gasteiger partial charge on any atom is -0.365 e. The third-order valence-electron chi connectivity index (χ3n) is 6.02. The van der Waals surface area contributed by atoms with Crippen LogP contribution in [-0.4, -0.2) is 22.2 Å². The summed E-state index contributed by atoms with van der Waals surface area (Å²) in [5.41, 5.74) is 11.4. The lowest BCUT2D eigenvalue weighted by molar-refractivity contribution is -0.119. The Morgan fingerprint density at radius 1 is 1.15 bits per heavy atom. The zero-order valence-corrected chi connectivity index (χ0v) is 20.1. The van der Waals surface area contributed by atoms with Crippen LogP contribution in [0.4, 0.5) is 10.8 Å². The number of nitrogens with two attached hydrogens (primary N) is 1. The van der Waals surface area contributed by atoms with Crippen molar-refractivity contribution in [1.82, 2.24) is 4.98 Å². The van der Waals surface area contributed by atoms with E-state index in [1.807, 2.05) is 66.6 Å². The molecule has 1 aromatic heterocycles. The number of amides is 2. The Hall–Kier alpha value is -3.10. The average Bonchev–Trinajstić information content (AvgIpc) is 3.40. The van der Waals surface area contributed by atoms with Crippen LogP contribution in [0.1, 0.15) is 31.4 Å². The summed E-state index contributed by atoms with van der Waals surface area (Å²) < 4.78 is 0. The number of benzene rings is 2. The molecule has 2 N–H and O–H groups in total. The summed E-state index contributed by atoms with van der Waals surface area (Å²) in [6, 6.07) is 16.2. The summed E-state index contributed by atoms with van der Waals surface area (Å²) in [5.74, 6) is -0.278. The van der Waals surface area contributed by atoms with Crippen LogP contribution in [0.15, 0.2) is 64.5 Å². The quantitative estimate of drug-likeness (QED) is 0.566. The summed E-state index contributed by atoms with van der Waals surface area (Å²) in [6.45, 7) is 4.47. The van der Waals surface area contributed by atoms with E-state index in [9.17, 15) is 9.59 Å². The number of thioether (sulfide) groups is 1. The molecular formula is C25H24N4O2S2. The smallest absolute Gasteiger partial charge is 0.256 e. The molecule has 1 unspecified atom stereocenters. The third-order valence-corrected chi connectivity index (χ3v) is 8.15. The van der Waals surface area contributed by atoms with E-state index in [4.69, 9.17) is 10.7 Å². The second kappa shape index (κ2) is 8.68. The average molecular weight is 477 g/mol. The predicted octanol–water partition coefficient (Wildman–Crippen LogP) is 4.91. The van der Waals surface area contributed by atoms with Crippen LogP contribution < -0.4 is 15.5 Å². The number of carbonyl (C=O) groups is 2. The number of carbonyl (C=O) groups excluding carboxylic acids is 2. The summed E-state index contributed by atoms with van der Waals surface area (Å²) in [7, 11) is 0. The topological polar surface area (TPSA) is 79.5 Å². The van der Waals surface area contributed by atoms with Gasteiger partial charge in [-0.2, -0.15) is 0 Å². The Morgan fingerprint density at radius 2 is 1.94 bits per heavy atom. The SMILES string of the molecule is CC1=C(C(N)=O)SC(C)N1c1nc(-c2cccc3c2N(Cc2ccccc2)C(=O)CC3)cs1. The molecule has 2 amide bonds. The number of thiazole rings is 1. The van der Waals surface area contributed by atoms with Crippen LogP contribution in [0.2, 0.25) is 0 Å². The highest BCUT2D eigenvalue weighted by atomic mass is 32.2. The van der Waals surface area contributed by atoms with E-state index in [-0.39, 0.29) is 11.3 Å². The van der Waals surface area contributed by atoms with Gasteiger partial charge in [-0.15, -0.1) is 11.3 Å². The number of hydrogen-bond acceptors (Lipinski definition) is 6. The van der Waals surface area contributed by atoms with Gasteiger partial charge in [0.15, 0.2) is 5.13 Å². The molecule has 0 saturated carbocycles. The monoisotopic (exact) mass is 476 g/mol. The predicted molar refractivity (Wildman–Crippen MR) is 135 cm³/mol. The fraction of sp³-hybridized carbons (Fsp3) is 0.240. The minimum absolute atomic E-state index is 0.0346. The molecule has 33 heavy (non-hydrogen) atoms. The van der Waals surface area contributed by atoms with Gasteiger partial charge in [0, 0.05) is 23.1 Å². The number of anilines is 2. The second-order valence-corrected chi connectivity index (χ2v) is 10.3. The molecule has 2 aliphatic rings. The second-order valence-electron chi connectivity index (χ2n) is 8.16. The summed E-state index contributed by atoms with van der Waals surface area (Å²) in [5, 5.41) is 2.87. The van der Waals surface area contributed by atoms with Crippen molar-refractivity contribution in [2.75, 3.05) is 9.80 Å². The minimum atomic E-state index is -0.407. The van der Waals surface area contributed by atoms with Crippen molar-refractivity contribution in [3.05, 3.63) is 75.6 Å². The number of fused-ring (bicyclic) bond motifs is 1. The first-order valence-electron chi connectivity index (χ1n) is 10.8. The lowest BCUT2D eigenvalue weighted by Gasteiger charge is -2.31. The molecule has 6 nitrogen and oxygen atoms in total. The highest BCUT2D eigenvalue weighted by Gasteiger charge is 2.33. The standard InChI is InChI=1S/C25H24N4O2S2/c1-15-23(24(26)31)33-16(2)29(15)25-27-20(14-32-25)19-10-6-9-18-11-12-21(30)28(22(18)19)13-17-7-4-3-5-8-17/h3-10,14,16H,11-13H2,1-2H3,(H2,26,31). The molecular weight excluding hydrogens is 452 g/mol. The Morgan fingerprint density at radius 3 is 2.67 bits per heavy atom. The van der Waals surface area contributed by atoms with Crippen molar-refractivity contribution < 1.29 is 9.59 Å². The number of nitrogens with zero attached hydrogens (tertiary/aromatic N) is 3. The molecule has 1 atom stereocenters. The third kappa shape index (κ3) is 3.94. The number of aromatic nitrogens is 1. The Kier molecular flexibility index (Phi) is 5.72. The van der Waals surface area contributed by atoms with Gasteiger partial charge in [0.1, 0.15) is 0 Å². The molecule has 0 radical (unpaired) electrons. The normalized spacial score (nSPS) is 18.1. The summed E-state index contributed by atoms with van der Waals surface area (Å²) in [6.07, 6.45) is 1.24. The van der Waals surface area contributed by atoms with Crippen LogP contribution in [0.25, 0.3) is 11.3 Å². The molecule has 0 spiro atoms. The van der Waals surface area contributed by atoms with Crippen molar-refractivity contribution in [1.29, 1.82) is 0 Å². The van der Waals surface area contributed by atoms with E-state index in [1.54, 1.807) is 0 Å². The number of rotatable bonds is 5. The number of allylic oxidation sites excluding steroid dienone is 1. The Bertz CT molecular complexity index is 1270. The van der Waals surface area contributed by atoms with Crippen molar-refractivity contribution in [2.24, 2.45) is 5.73 Å². The van der Waals surface area contributed by atoms with Gasteiger partial charge in [0.05, 0.1) is 28.2 Å². The number of hydrogen-bond donors (Lipinski definition) is 1. The van der Waals surface area contributed by atoms with Gasteiger partial charge < -0.3 is 15.5 Å². The highest BCUT2D eigenvalue weighted by Crippen LogP contribution is 2.44. The molecule has 2 aliphatic heterocycles. The van der Waals surface area contributed by atoms with Crippen LogP contribution in [-0.2, 0) is 22.6 Å². The molecule has 2 aromatic carbocycles. The van der Waals surface area contributed by atoms with Crippen molar-refractivity contribution in [3.63, 3.8) is 0 Å². The number of aryl methyl sites for hydroxylation is 1. The van der Waals surface area contributed by atoms with Gasteiger partial charge in [-0.25, -0.2) is 4.98 Å². The van der Waals surface area contributed by atoms with Gasteiger partial charge in [-0.3, -0.25) is 9.59 Å². The maximum Gasteiger partial charge on any atom is 0.256 e. The van der Waals surface area contributed by atoms with E-state index in [2.05, 4.69) is 11.0 Å². The number of para-hydroxylation sites is 1. The first-order valence-corrected chi connectivity index (χ1v) is 12.6. The van der Waals surface area contributed by atoms with Crippen LogP contribution in [0.5, 0.6) is 0 Å². The van der Waals surface area contributed by atoms with E-state index < -0.39 is 5.91 Å². The lowest BCUT2D eigenvalue weighted by Crippen LogP contribution is -2.35. The molecule has 3 heterocycles. The van der Waals surface area contributed by atoms with Crippen molar-refractivity contribution >= 4 is 45.7 Å². The maximum absolute atomic E-state index is 13.0. The molecule has 3 aromatic rings. The van der Waals surface area contributed by atoms with Gasteiger partial charge in [0.25, 0.3) is 5.91 Å². The first kappa shape index (κ1) is 21.7. The zero-order chi connectivity index (χ0) is 23.1. The first-order chi connectivity index (χ1) is 15.9. The summed E-state index contributed by atoms with van der Waals surface area (Å²) >= 11 is 2.99.